The van der Waals surface area contributed by atoms with Crippen molar-refractivity contribution in [1.29, 1.82) is 0 Å². The summed E-state index contributed by atoms with van der Waals surface area (Å²) in [5, 5.41) is 0. The van der Waals surface area contributed by atoms with Crippen LogP contribution in [-0.4, -0.2) is 38.3 Å². The van der Waals surface area contributed by atoms with E-state index < -0.39 is 10.0 Å². The van der Waals surface area contributed by atoms with Gasteiger partial charge in [0.2, 0.25) is 10.0 Å². The lowest BCUT2D eigenvalue weighted by Crippen LogP contribution is -2.35. The van der Waals surface area contributed by atoms with E-state index in [0.29, 0.717) is 36.5 Å². The maximum Gasteiger partial charge on any atom is 0.258 e. The number of sulfonamides is 1. The van der Waals surface area contributed by atoms with E-state index in [1.807, 2.05) is 24.3 Å². The second-order valence-corrected chi connectivity index (χ2v) is 9.45. The van der Waals surface area contributed by atoms with Crippen molar-refractivity contribution in [2.45, 2.75) is 43.9 Å². The number of hydrogen-bond acceptors (Lipinski definition) is 3. The number of fused-ring (bicyclic) bond motifs is 1. The van der Waals surface area contributed by atoms with E-state index in [1.54, 1.807) is 27.4 Å². The summed E-state index contributed by atoms with van der Waals surface area (Å²) in [7, 11) is -3.45. The third-order valence-corrected chi connectivity index (χ3v) is 7.65. The molecular formula is C22H26N2O3S. The lowest BCUT2D eigenvalue weighted by Gasteiger charge is -2.26. The summed E-state index contributed by atoms with van der Waals surface area (Å²) >= 11 is 0. The molecule has 0 atom stereocenters. The Bertz CT molecular complexity index is 977. The van der Waals surface area contributed by atoms with Crippen molar-refractivity contribution >= 4 is 21.6 Å². The summed E-state index contributed by atoms with van der Waals surface area (Å²) in [6.45, 7) is 3.86. The maximum atomic E-state index is 12.9. The molecule has 0 unspecified atom stereocenters. The predicted molar refractivity (Wildman–Crippen MR) is 110 cm³/mol. The van der Waals surface area contributed by atoms with Gasteiger partial charge in [0.15, 0.2) is 0 Å². The van der Waals surface area contributed by atoms with Crippen molar-refractivity contribution in [3.05, 3.63) is 59.2 Å². The van der Waals surface area contributed by atoms with Crippen LogP contribution in [-0.2, 0) is 22.9 Å². The molecule has 0 N–H and O–H groups in total. The Morgan fingerprint density at radius 2 is 1.68 bits per heavy atom. The highest BCUT2D eigenvalue weighted by Gasteiger charge is 2.30. The third kappa shape index (κ3) is 3.47. The van der Waals surface area contributed by atoms with Crippen molar-refractivity contribution in [3.63, 3.8) is 0 Å². The summed E-state index contributed by atoms with van der Waals surface area (Å²) < 4.78 is 27.4. The molecule has 2 aliphatic heterocycles. The average Bonchev–Trinajstić information content (AvgIpc) is 3.17. The van der Waals surface area contributed by atoms with Crippen LogP contribution in [0, 0.1) is 0 Å². The minimum Gasteiger partial charge on any atom is -0.308 e. The Morgan fingerprint density at radius 3 is 2.36 bits per heavy atom. The van der Waals surface area contributed by atoms with Crippen LogP contribution in [0.1, 0.15) is 47.7 Å². The van der Waals surface area contributed by atoms with E-state index >= 15 is 0 Å². The fourth-order valence-corrected chi connectivity index (χ4v) is 5.61. The van der Waals surface area contributed by atoms with Crippen molar-refractivity contribution < 1.29 is 13.2 Å². The summed E-state index contributed by atoms with van der Waals surface area (Å²) in [4.78, 5) is 15.0. The highest BCUT2D eigenvalue weighted by molar-refractivity contribution is 7.89. The maximum absolute atomic E-state index is 12.9. The summed E-state index contributed by atoms with van der Waals surface area (Å²) in [5.74, 6) is -0.0342. The molecule has 0 spiro atoms. The SMILES string of the molecule is CCc1ccc(C(=O)N2CCc3cc(S(=O)(=O)N4CCCCC4)ccc32)cc1. The van der Waals surface area contributed by atoms with Crippen LogP contribution < -0.4 is 4.90 Å². The largest absolute Gasteiger partial charge is 0.308 e. The lowest BCUT2D eigenvalue weighted by molar-refractivity contribution is 0.0989. The Kier molecular flexibility index (Phi) is 5.25. The molecule has 0 saturated carbocycles. The zero-order valence-corrected chi connectivity index (χ0v) is 17.0. The zero-order chi connectivity index (χ0) is 19.7. The van der Waals surface area contributed by atoms with Gasteiger partial charge in [-0.25, -0.2) is 8.42 Å². The molecular weight excluding hydrogens is 372 g/mol. The molecule has 2 heterocycles. The number of benzene rings is 2. The molecule has 2 aromatic carbocycles. The van der Waals surface area contributed by atoms with Gasteiger partial charge in [0.1, 0.15) is 0 Å². The van der Waals surface area contributed by atoms with Crippen molar-refractivity contribution in [1.82, 2.24) is 4.31 Å². The first kappa shape index (κ1) is 19.2. The standard InChI is InChI=1S/C22H26N2O3S/c1-2-17-6-8-18(9-7-17)22(25)24-15-12-19-16-20(10-11-21(19)24)28(26,27)23-13-4-3-5-14-23/h6-11,16H,2-5,12-15H2,1H3. The molecule has 4 rings (SSSR count). The van der Waals surface area contributed by atoms with E-state index in [-0.39, 0.29) is 5.91 Å². The van der Waals surface area contributed by atoms with Crippen LogP contribution in [0.4, 0.5) is 5.69 Å². The minimum absolute atomic E-state index is 0.0342. The molecule has 2 aromatic rings. The second-order valence-electron chi connectivity index (χ2n) is 7.51. The van der Waals surface area contributed by atoms with Crippen LogP contribution in [0.15, 0.2) is 47.4 Å². The van der Waals surface area contributed by atoms with Crippen molar-refractivity contribution in [2.24, 2.45) is 0 Å². The van der Waals surface area contributed by atoms with Crippen LogP contribution >= 0.6 is 0 Å². The van der Waals surface area contributed by atoms with Crippen LogP contribution in [0.5, 0.6) is 0 Å². The molecule has 0 radical (unpaired) electrons. The van der Waals surface area contributed by atoms with Gasteiger partial charge in [-0.1, -0.05) is 25.5 Å². The Morgan fingerprint density at radius 1 is 0.964 bits per heavy atom. The van der Waals surface area contributed by atoms with Gasteiger partial charge in [0.25, 0.3) is 5.91 Å². The number of carbonyl (C=O) groups is 1. The summed E-state index contributed by atoms with van der Waals surface area (Å²) in [6.07, 6.45) is 4.55. The number of hydrogen-bond donors (Lipinski definition) is 0. The Balaban J connectivity index is 1.58. The van der Waals surface area contributed by atoms with Gasteiger partial charge >= 0.3 is 0 Å². The number of amides is 1. The molecule has 1 saturated heterocycles. The Labute approximate surface area is 167 Å². The topological polar surface area (TPSA) is 57.7 Å². The van der Waals surface area contributed by atoms with E-state index in [4.69, 9.17) is 0 Å². The number of carbonyl (C=O) groups excluding carboxylic acids is 1. The first-order chi connectivity index (χ1) is 13.5. The van der Waals surface area contributed by atoms with Crippen LogP contribution in [0.25, 0.3) is 0 Å². The summed E-state index contributed by atoms with van der Waals surface area (Å²) in [5.41, 5.74) is 3.61. The normalized spacial score (nSPS) is 17.5. The van der Waals surface area contributed by atoms with Gasteiger partial charge < -0.3 is 4.90 Å². The number of piperidine rings is 1. The van der Waals surface area contributed by atoms with E-state index in [1.165, 1.54) is 5.56 Å². The fourth-order valence-electron chi connectivity index (χ4n) is 4.04. The zero-order valence-electron chi connectivity index (χ0n) is 16.2. The van der Waals surface area contributed by atoms with Crippen LogP contribution in [0.3, 0.4) is 0 Å². The first-order valence-electron chi connectivity index (χ1n) is 10.0. The lowest BCUT2D eigenvalue weighted by atomic mass is 10.1. The van der Waals surface area contributed by atoms with Gasteiger partial charge in [0, 0.05) is 30.9 Å². The van der Waals surface area contributed by atoms with Crippen molar-refractivity contribution in [3.8, 4) is 0 Å². The van der Waals surface area contributed by atoms with Gasteiger partial charge in [-0.05, 0) is 67.1 Å². The van der Waals surface area contributed by atoms with Gasteiger partial charge in [-0.3, -0.25) is 4.79 Å². The second kappa shape index (κ2) is 7.68. The average molecular weight is 399 g/mol. The van der Waals surface area contributed by atoms with Crippen molar-refractivity contribution in [2.75, 3.05) is 24.5 Å². The van der Waals surface area contributed by atoms with Gasteiger partial charge in [-0.15, -0.1) is 0 Å². The first-order valence-corrected chi connectivity index (χ1v) is 11.5. The van der Waals surface area contributed by atoms with E-state index in [2.05, 4.69) is 6.92 Å². The molecule has 148 valence electrons. The quantitative estimate of drug-likeness (QED) is 0.790. The summed E-state index contributed by atoms with van der Waals surface area (Å²) in [6, 6.07) is 12.9. The smallest absolute Gasteiger partial charge is 0.258 e. The molecule has 0 aliphatic carbocycles. The predicted octanol–water partition coefficient (Wildman–Crippen LogP) is 3.63. The third-order valence-electron chi connectivity index (χ3n) is 5.75. The molecule has 1 fully saturated rings. The fraction of sp³-hybridized carbons (Fsp3) is 0.409. The Hall–Kier alpha value is -2.18. The molecule has 5 nitrogen and oxygen atoms in total. The van der Waals surface area contributed by atoms with E-state index in [0.717, 1.165) is 36.9 Å². The molecule has 28 heavy (non-hydrogen) atoms. The van der Waals surface area contributed by atoms with Gasteiger partial charge in [0.05, 0.1) is 4.90 Å². The van der Waals surface area contributed by atoms with Crippen LogP contribution in [0.2, 0.25) is 0 Å². The number of aryl methyl sites for hydroxylation is 1. The number of anilines is 1. The molecule has 6 heteroatoms. The molecule has 0 bridgehead atoms. The highest BCUT2D eigenvalue weighted by Crippen LogP contribution is 2.32. The number of nitrogens with zero attached hydrogens (tertiary/aromatic N) is 2. The monoisotopic (exact) mass is 398 g/mol. The molecule has 2 aliphatic rings. The van der Waals surface area contributed by atoms with E-state index in [9.17, 15) is 13.2 Å². The minimum atomic E-state index is -3.45. The molecule has 1 amide bonds. The number of rotatable bonds is 4. The molecule has 0 aromatic heterocycles. The highest BCUT2D eigenvalue weighted by atomic mass is 32.2. The van der Waals surface area contributed by atoms with Gasteiger partial charge in [-0.2, -0.15) is 4.31 Å².